The van der Waals surface area contributed by atoms with Crippen molar-refractivity contribution in [2.45, 2.75) is 34.1 Å². The molecule has 0 bridgehead atoms. The summed E-state index contributed by atoms with van der Waals surface area (Å²) in [5, 5.41) is 2.72. The Morgan fingerprint density at radius 3 is 1.91 bits per heavy atom. The van der Waals surface area contributed by atoms with Gasteiger partial charge in [-0.3, -0.25) is 4.84 Å². The van der Waals surface area contributed by atoms with Gasteiger partial charge in [0.2, 0.25) is 5.95 Å². The van der Waals surface area contributed by atoms with Gasteiger partial charge in [0.15, 0.2) is 0 Å². The lowest BCUT2D eigenvalue weighted by Gasteiger charge is -2.23. The number of nitrogens with zero attached hydrogens (tertiary/aromatic N) is 5. The van der Waals surface area contributed by atoms with Crippen LogP contribution in [0, 0.1) is 0 Å². The Hall–Kier alpha value is -1.49. The van der Waals surface area contributed by atoms with Gasteiger partial charge in [-0.15, -0.1) is 0 Å². The van der Waals surface area contributed by atoms with Crippen LogP contribution in [0.1, 0.15) is 34.1 Å². The van der Waals surface area contributed by atoms with E-state index in [0.29, 0.717) is 32.3 Å². The lowest BCUT2D eigenvalue weighted by Crippen LogP contribution is -2.30. The van der Waals surface area contributed by atoms with E-state index in [1.165, 1.54) is 0 Å². The average molecular weight is 328 g/mol. The summed E-state index contributed by atoms with van der Waals surface area (Å²) in [5.74, 6) is 0.577. The van der Waals surface area contributed by atoms with E-state index >= 15 is 0 Å². The topological polar surface area (TPSA) is 98.9 Å². The van der Waals surface area contributed by atoms with Crippen molar-refractivity contribution in [1.82, 2.24) is 15.0 Å². The van der Waals surface area contributed by atoms with E-state index in [9.17, 15) is 0 Å². The summed E-state index contributed by atoms with van der Waals surface area (Å²) >= 11 is 0. The second kappa shape index (κ2) is 11.1. The number of nitrogens with two attached hydrogens (primary N) is 1. The van der Waals surface area contributed by atoms with Crippen LogP contribution in [-0.2, 0) is 14.5 Å². The average Bonchev–Trinajstić information content (AvgIpc) is 2.46. The lowest BCUT2D eigenvalue weighted by atomic mass is 10.5. The third kappa shape index (κ3) is 6.09. The van der Waals surface area contributed by atoms with E-state index in [4.69, 9.17) is 20.2 Å². The van der Waals surface area contributed by atoms with Crippen LogP contribution in [0.5, 0.6) is 0 Å². The molecule has 0 atom stereocenters. The molecule has 0 aromatic carbocycles. The Morgan fingerprint density at radius 1 is 0.864 bits per heavy atom. The van der Waals surface area contributed by atoms with Crippen molar-refractivity contribution < 1.29 is 14.5 Å². The van der Waals surface area contributed by atoms with Crippen molar-refractivity contribution in [2.24, 2.45) is 0 Å². The van der Waals surface area contributed by atoms with Crippen LogP contribution in [0.3, 0.4) is 0 Å². The maximum absolute atomic E-state index is 5.74. The first-order valence-electron chi connectivity index (χ1n) is 7.14. The van der Waals surface area contributed by atoms with E-state index in [1.54, 1.807) is 5.06 Å². The van der Waals surface area contributed by atoms with Gasteiger partial charge in [-0.2, -0.15) is 15.0 Å². The summed E-state index contributed by atoms with van der Waals surface area (Å²) in [6.45, 7) is 9.55. The molecule has 0 aliphatic heterocycles. The Morgan fingerprint density at radius 2 is 1.41 bits per heavy atom. The minimum atomic E-state index is 0. The number of hydrogen-bond acceptors (Lipinski definition) is 9. The van der Waals surface area contributed by atoms with Gasteiger partial charge in [-0.25, -0.2) is 14.7 Å². The molecule has 0 unspecified atom stereocenters. The molecular weight excluding hydrogens is 304 g/mol. The van der Waals surface area contributed by atoms with Gasteiger partial charge < -0.3 is 5.73 Å². The van der Waals surface area contributed by atoms with Gasteiger partial charge in [-0.05, 0) is 27.2 Å². The molecule has 0 aliphatic rings. The van der Waals surface area contributed by atoms with Gasteiger partial charge in [0.1, 0.15) is 0 Å². The third-order valence-electron chi connectivity index (χ3n) is 2.22. The Kier molecular flexibility index (Phi) is 10.4. The minimum Gasteiger partial charge on any atom is -0.368 e. The van der Waals surface area contributed by atoms with Gasteiger partial charge in [0, 0.05) is 17.5 Å². The molecule has 1 heterocycles. The van der Waals surface area contributed by atoms with Crippen molar-refractivity contribution in [3.63, 3.8) is 0 Å². The molecule has 22 heavy (non-hydrogen) atoms. The van der Waals surface area contributed by atoms with Gasteiger partial charge in [0.25, 0.3) is 11.9 Å². The predicted octanol–water partition coefficient (Wildman–Crippen LogP) is 0.950. The Balaban J connectivity index is 0.00000441. The molecule has 0 saturated heterocycles. The number of aromatic nitrogens is 3. The largest absolute Gasteiger partial charge is 0.368 e. The fraction of sp³-hybridized carbons (Fsp3) is 0.750. The highest BCUT2D eigenvalue weighted by Gasteiger charge is 2.17. The molecule has 9 nitrogen and oxygen atoms in total. The van der Waals surface area contributed by atoms with Crippen molar-refractivity contribution in [1.29, 1.82) is 0 Å². The van der Waals surface area contributed by atoms with Crippen LogP contribution in [0.4, 0.5) is 17.8 Å². The molecule has 1 aromatic heterocycles. The smallest absolute Gasteiger partial charge is 0.284 e. The normalized spacial score (nSPS) is 10.2. The van der Waals surface area contributed by atoms with E-state index in [-0.39, 0.29) is 22.9 Å². The second-order valence-corrected chi connectivity index (χ2v) is 3.91. The van der Waals surface area contributed by atoms with Crippen LogP contribution in [0.25, 0.3) is 0 Å². The zero-order valence-electron chi connectivity index (χ0n) is 13.6. The monoisotopic (exact) mass is 328 g/mol. The van der Waals surface area contributed by atoms with Gasteiger partial charge >= 0.3 is 0 Å². The summed E-state index contributed by atoms with van der Waals surface area (Å²) in [6, 6.07) is 0. The number of rotatable bonds is 10. The summed E-state index contributed by atoms with van der Waals surface area (Å²) in [6.07, 6.45) is 0.877. The fourth-order valence-corrected chi connectivity index (χ4v) is 1.53. The zero-order valence-corrected chi connectivity index (χ0v) is 14.6. The summed E-state index contributed by atoms with van der Waals surface area (Å²) in [7, 11) is 0. The Labute approximate surface area is 135 Å². The molecule has 1 aromatic rings. The molecule has 124 valence electrons. The minimum absolute atomic E-state index is 0. The van der Waals surface area contributed by atoms with Gasteiger partial charge in [0.05, 0.1) is 19.8 Å². The van der Waals surface area contributed by atoms with E-state index in [0.717, 1.165) is 11.6 Å². The van der Waals surface area contributed by atoms with Crippen molar-refractivity contribution in [3.05, 3.63) is 0 Å². The number of hydroxylamine groups is 1. The van der Waals surface area contributed by atoms with E-state index in [1.807, 2.05) is 27.7 Å². The molecule has 4 radical (unpaired) electrons. The zero-order chi connectivity index (χ0) is 15.7. The first-order valence-corrected chi connectivity index (χ1v) is 7.14. The first kappa shape index (κ1) is 20.5. The summed E-state index contributed by atoms with van der Waals surface area (Å²) < 4.78 is 0. The highest BCUT2D eigenvalue weighted by atomic mass is 28.1. The van der Waals surface area contributed by atoms with E-state index < -0.39 is 0 Å². The highest BCUT2D eigenvalue weighted by molar-refractivity contribution is 5.75. The van der Waals surface area contributed by atoms with Crippen LogP contribution in [0.15, 0.2) is 0 Å². The SMILES string of the molecule is CCCN(OCC)c1nc(N)nc(N(OCC)OCC)n1.[Si]. The molecule has 2 N–H and O–H groups in total. The van der Waals surface area contributed by atoms with Crippen LogP contribution < -0.4 is 16.0 Å². The molecular formula is C12H24N6O3Si. The Bertz CT molecular complexity index is 380. The number of nitrogen functional groups attached to an aromatic ring is 1. The predicted molar refractivity (Wildman–Crippen MR) is 85.0 cm³/mol. The maximum Gasteiger partial charge on any atom is 0.284 e. The number of hydrogen-bond donors (Lipinski definition) is 1. The van der Waals surface area contributed by atoms with Crippen molar-refractivity contribution in [3.8, 4) is 0 Å². The van der Waals surface area contributed by atoms with E-state index in [2.05, 4.69) is 15.0 Å². The second-order valence-electron chi connectivity index (χ2n) is 3.91. The molecule has 0 amide bonds. The quantitative estimate of drug-likeness (QED) is 0.497. The summed E-state index contributed by atoms with van der Waals surface area (Å²) in [5.41, 5.74) is 5.74. The molecule has 0 spiro atoms. The maximum atomic E-state index is 5.74. The fourth-order valence-electron chi connectivity index (χ4n) is 1.53. The molecule has 1 rings (SSSR count). The summed E-state index contributed by atoms with van der Waals surface area (Å²) in [4.78, 5) is 28.5. The molecule has 0 aliphatic carbocycles. The van der Waals surface area contributed by atoms with Crippen LogP contribution >= 0.6 is 0 Å². The molecule has 0 fully saturated rings. The number of anilines is 3. The van der Waals surface area contributed by atoms with Crippen LogP contribution in [-0.4, -0.2) is 52.3 Å². The van der Waals surface area contributed by atoms with Gasteiger partial charge in [-0.1, -0.05) is 12.2 Å². The highest BCUT2D eigenvalue weighted by Crippen LogP contribution is 2.16. The molecule has 0 saturated carbocycles. The lowest BCUT2D eigenvalue weighted by molar-refractivity contribution is -0.0851. The van der Waals surface area contributed by atoms with Crippen molar-refractivity contribution in [2.75, 3.05) is 42.4 Å². The molecule has 10 heteroatoms. The van der Waals surface area contributed by atoms with Crippen LogP contribution in [0.2, 0.25) is 0 Å². The third-order valence-corrected chi connectivity index (χ3v) is 2.22. The standard InChI is InChI=1S/C12H24N6O3.Si/c1-5-9-17(19-6-2)11-14-10(13)15-12(16-11)18(20-7-3)21-8-4;/h5-9H2,1-4H3,(H2,13,14,15,16);. The van der Waals surface area contributed by atoms with Crippen molar-refractivity contribution >= 4 is 28.8 Å². The first-order chi connectivity index (χ1) is 10.2.